The van der Waals surface area contributed by atoms with Gasteiger partial charge in [-0.2, -0.15) is 0 Å². The minimum atomic E-state index is -3.26. The number of hydrogen-bond donors (Lipinski definition) is 0. The first-order chi connectivity index (χ1) is 8.49. The van der Waals surface area contributed by atoms with Gasteiger partial charge in [-0.1, -0.05) is 35.9 Å². The molecule has 0 unspecified atom stereocenters. The van der Waals surface area contributed by atoms with Crippen LogP contribution in [0.5, 0.6) is 0 Å². The smallest absolute Gasteiger partial charge is 0.182 e. The highest BCUT2D eigenvalue weighted by atomic mass is 127. The Kier molecular flexibility index (Phi) is 4.07. The molecule has 4 heteroatoms. The van der Waals surface area contributed by atoms with Gasteiger partial charge < -0.3 is 0 Å². The summed E-state index contributed by atoms with van der Waals surface area (Å²) in [6.45, 7) is 1.97. The van der Waals surface area contributed by atoms with Crippen LogP contribution in [0.4, 0.5) is 0 Å². The average Bonchev–Trinajstić information content (AvgIpc) is 2.35. The number of halogens is 1. The van der Waals surface area contributed by atoms with E-state index in [0.29, 0.717) is 4.90 Å². The van der Waals surface area contributed by atoms with Crippen LogP contribution in [0.15, 0.2) is 53.4 Å². The Bertz CT molecular complexity index is 649. The molecule has 2 nitrogen and oxygen atoms in total. The van der Waals surface area contributed by atoms with Crippen molar-refractivity contribution in [2.75, 3.05) is 0 Å². The lowest BCUT2D eigenvalue weighted by Gasteiger charge is -2.07. The van der Waals surface area contributed by atoms with Crippen molar-refractivity contribution in [3.8, 4) is 0 Å². The third kappa shape index (κ3) is 3.11. The Balaban J connectivity index is 2.37. The standard InChI is InChI=1S/C14H13IO2S/c1-11-7-8-14(15)12(9-11)10-18(16,17)13-5-3-2-4-6-13/h2-9H,10H2,1H3. The minimum absolute atomic E-state index is 0.0525. The van der Waals surface area contributed by atoms with Gasteiger partial charge in [-0.3, -0.25) is 0 Å². The predicted molar refractivity (Wildman–Crippen MR) is 81.2 cm³/mol. The zero-order chi connectivity index (χ0) is 13.2. The summed E-state index contributed by atoms with van der Waals surface area (Å²) in [5.41, 5.74) is 1.94. The monoisotopic (exact) mass is 372 g/mol. The molecule has 0 saturated heterocycles. The Morgan fingerprint density at radius 1 is 1.06 bits per heavy atom. The van der Waals surface area contributed by atoms with Gasteiger partial charge in [-0.15, -0.1) is 0 Å². The summed E-state index contributed by atoms with van der Waals surface area (Å²) >= 11 is 2.17. The Morgan fingerprint density at radius 3 is 2.39 bits per heavy atom. The van der Waals surface area contributed by atoms with Crippen molar-refractivity contribution in [3.05, 3.63) is 63.2 Å². The van der Waals surface area contributed by atoms with Gasteiger partial charge in [0.15, 0.2) is 9.84 Å². The van der Waals surface area contributed by atoms with E-state index < -0.39 is 9.84 Å². The van der Waals surface area contributed by atoms with E-state index >= 15 is 0 Å². The quantitative estimate of drug-likeness (QED) is 0.772. The van der Waals surface area contributed by atoms with Crippen LogP contribution in [0.2, 0.25) is 0 Å². The van der Waals surface area contributed by atoms with Gasteiger partial charge in [0.25, 0.3) is 0 Å². The molecule has 0 heterocycles. The molecule has 0 fully saturated rings. The van der Waals surface area contributed by atoms with E-state index in [1.807, 2.05) is 31.2 Å². The molecule has 0 saturated carbocycles. The summed E-state index contributed by atoms with van der Waals surface area (Å²) < 4.78 is 25.5. The van der Waals surface area contributed by atoms with E-state index in [9.17, 15) is 8.42 Å². The van der Waals surface area contributed by atoms with Crippen LogP contribution < -0.4 is 0 Å². The summed E-state index contributed by atoms with van der Waals surface area (Å²) in [4.78, 5) is 0.377. The normalized spacial score (nSPS) is 11.4. The highest BCUT2D eigenvalue weighted by Crippen LogP contribution is 2.21. The first-order valence-electron chi connectivity index (χ1n) is 5.52. The molecule has 0 radical (unpaired) electrons. The fraction of sp³-hybridized carbons (Fsp3) is 0.143. The minimum Gasteiger partial charge on any atom is -0.223 e. The number of sulfone groups is 1. The summed E-state index contributed by atoms with van der Waals surface area (Å²) in [6, 6.07) is 14.4. The second-order valence-corrected chi connectivity index (χ2v) is 7.32. The Morgan fingerprint density at radius 2 is 1.72 bits per heavy atom. The zero-order valence-electron chi connectivity index (χ0n) is 9.93. The fourth-order valence-corrected chi connectivity index (χ4v) is 3.90. The van der Waals surface area contributed by atoms with Crippen LogP contribution in [-0.2, 0) is 15.6 Å². The van der Waals surface area contributed by atoms with Gasteiger partial charge in [0, 0.05) is 3.57 Å². The van der Waals surface area contributed by atoms with E-state index in [1.54, 1.807) is 24.3 Å². The number of benzene rings is 2. The highest BCUT2D eigenvalue weighted by molar-refractivity contribution is 14.1. The molecule has 0 aliphatic heterocycles. The van der Waals surface area contributed by atoms with Crippen LogP contribution >= 0.6 is 22.6 Å². The Labute approximate surface area is 121 Å². The Hall–Kier alpha value is -0.880. The van der Waals surface area contributed by atoms with Crippen molar-refractivity contribution in [2.24, 2.45) is 0 Å². The van der Waals surface area contributed by atoms with Crippen LogP contribution in [0.1, 0.15) is 11.1 Å². The van der Waals surface area contributed by atoms with Crippen molar-refractivity contribution in [1.29, 1.82) is 0 Å². The molecule has 0 aromatic heterocycles. The lowest BCUT2D eigenvalue weighted by atomic mass is 10.2. The largest absolute Gasteiger partial charge is 0.223 e. The lowest BCUT2D eigenvalue weighted by molar-refractivity contribution is 0.595. The van der Waals surface area contributed by atoms with Crippen molar-refractivity contribution in [3.63, 3.8) is 0 Å². The SMILES string of the molecule is Cc1ccc(I)c(CS(=O)(=O)c2ccccc2)c1. The molecular weight excluding hydrogens is 359 g/mol. The van der Waals surface area contributed by atoms with Crippen LogP contribution in [0, 0.1) is 10.5 Å². The van der Waals surface area contributed by atoms with Crippen LogP contribution in [-0.4, -0.2) is 8.42 Å². The van der Waals surface area contributed by atoms with E-state index in [2.05, 4.69) is 22.6 Å². The first kappa shape index (κ1) is 13.5. The molecular formula is C14H13IO2S. The van der Waals surface area contributed by atoms with Crippen LogP contribution in [0.25, 0.3) is 0 Å². The van der Waals surface area contributed by atoms with E-state index in [4.69, 9.17) is 0 Å². The number of rotatable bonds is 3. The topological polar surface area (TPSA) is 34.1 Å². The summed E-state index contributed by atoms with van der Waals surface area (Å²) in [5, 5.41) is 0. The number of hydrogen-bond acceptors (Lipinski definition) is 2. The van der Waals surface area contributed by atoms with Gasteiger partial charge >= 0.3 is 0 Å². The van der Waals surface area contributed by atoms with E-state index in [-0.39, 0.29) is 5.75 Å². The van der Waals surface area contributed by atoms with E-state index in [0.717, 1.165) is 14.7 Å². The van der Waals surface area contributed by atoms with Crippen molar-refractivity contribution in [2.45, 2.75) is 17.6 Å². The maximum Gasteiger partial charge on any atom is 0.182 e. The molecule has 0 bridgehead atoms. The van der Waals surface area contributed by atoms with Gasteiger partial charge in [0.05, 0.1) is 10.6 Å². The van der Waals surface area contributed by atoms with Crippen molar-refractivity contribution in [1.82, 2.24) is 0 Å². The lowest BCUT2D eigenvalue weighted by Crippen LogP contribution is -2.06. The maximum atomic E-state index is 12.3. The number of aryl methyl sites for hydroxylation is 1. The summed E-state index contributed by atoms with van der Waals surface area (Å²) in [5.74, 6) is 0.0525. The average molecular weight is 372 g/mol. The molecule has 18 heavy (non-hydrogen) atoms. The second-order valence-electron chi connectivity index (χ2n) is 4.17. The third-order valence-electron chi connectivity index (χ3n) is 2.65. The first-order valence-corrected chi connectivity index (χ1v) is 8.25. The molecule has 0 amide bonds. The van der Waals surface area contributed by atoms with Gasteiger partial charge in [0.2, 0.25) is 0 Å². The summed E-state index contributed by atoms with van der Waals surface area (Å²) in [6.07, 6.45) is 0. The molecule has 94 valence electrons. The van der Waals surface area contributed by atoms with Gasteiger partial charge in [-0.25, -0.2) is 8.42 Å². The third-order valence-corrected chi connectivity index (χ3v) is 5.38. The van der Waals surface area contributed by atoms with Crippen LogP contribution in [0.3, 0.4) is 0 Å². The molecule has 2 aromatic rings. The van der Waals surface area contributed by atoms with Crippen molar-refractivity contribution < 1.29 is 8.42 Å². The van der Waals surface area contributed by atoms with E-state index in [1.165, 1.54) is 0 Å². The van der Waals surface area contributed by atoms with Gasteiger partial charge in [0.1, 0.15) is 0 Å². The molecule has 0 aliphatic rings. The van der Waals surface area contributed by atoms with Gasteiger partial charge in [-0.05, 0) is 53.3 Å². The highest BCUT2D eigenvalue weighted by Gasteiger charge is 2.16. The molecule has 0 atom stereocenters. The van der Waals surface area contributed by atoms with Crippen molar-refractivity contribution >= 4 is 32.4 Å². The molecule has 0 aliphatic carbocycles. The fourth-order valence-electron chi connectivity index (χ4n) is 1.73. The zero-order valence-corrected chi connectivity index (χ0v) is 12.9. The summed E-state index contributed by atoms with van der Waals surface area (Å²) in [7, 11) is -3.26. The maximum absolute atomic E-state index is 12.3. The molecule has 0 spiro atoms. The molecule has 0 N–H and O–H groups in total. The molecule has 2 aromatic carbocycles. The predicted octanol–water partition coefficient (Wildman–Crippen LogP) is 3.57. The second kappa shape index (κ2) is 5.40. The molecule has 2 rings (SSSR count).